The van der Waals surface area contributed by atoms with Crippen molar-refractivity contribution < 1.29 is 9.47 Å². The Hall–Kier alpha value is -2.73. The molecule has 1 atom stereocenters. The molecular formula is C22H23ClN2O4. The molecule has 152 valence electrons. The first-order valence-corrected chi connectivity index (χ1v) is 9.91. The van der Waals surface area contributed by atoms with Gasteiger partial charge in [0, 0.05) is 0 Å². The van der Waals surface area contributed by atoms with Crippen molar-refractivity contribution >= 4 is 22.5 Å². The van der Waals surface area contributed by atoms with E-state index in [0.29, 0.717) is 28.2 Å². The van der Waals surface area contributed by atoms with E-state index in [1.807, 2.05) is 45.0 Å². The van der Waals surface area contributed by atoms with Crippen molar-refractivity contribution in [2.45, 2.75) is 39.5 Å². The van der Waals surface area contributed by atoms with Crippen LogP contribution in [0.4, 0.5) is 0 Å². The molecule has 29 heavy (non-hydrogen) atoms. The Labute approximate surface area is 173 Å². The smallest absolute Gasteiger partial charge is 0.332 e. The van der Waals surface area contributed by atoms with E-state index in [1.54, 1.807) is 23.8 Å². The predicted octanol–water partition coefficient (Wildman–Crippen LogP) is 3.68. The standard InChI is InChI=1S/C22H23ClN2O4/c1-13(2)22(3)12-25-18-16(9-10-17(23)19(18)29-22)20(26)24(21(25)27)11-14-5-7-15(28-4)8-6-14/h5-10,13H,11-12H2,1-4H3. The van der Waals surface area contributed by atoms with Crippen LogP contribution in [-0.2, 0) is 13.1 Å². The van der Waals surface area contributed by atoms with E-state index < -0.39 is 5.60 Å². The highest BCUT2D eigenvalue weighted by Gasteiger charge is 2.38. The van der Waals surface area contributed by atoms with Gasteiger partial charge in [0.1, 0.15) is 16.9 Å². The van der Waals surface area contributed by atoms with Gasteiger partial charge in [0.2, 0.25) is 0 Å². The fourth-order valence-electron chi connectivity index (χ4n) is 3.64. The van der Waals surface area contributed by atoms with Crippen molar-refractivity contribution in [3.8, 4) is 11.5 Å². The van der Waals surface area contributed by atoms with Crippen LogP contribution in [0.2, 0.25) is 5.02 Å². The Morgan fingerprint density at radius 2 is 1.86 bits per heavy atom. The normalized spacial score (nSPS) is 18.1. The van der Waals surface area contributed by atoms with E-state index in [4.69, 9.17) is 21.1 Å². The summed E-state index contributed by atoms with van der Waals surface area (Å²) in [4.78, 5) is 26.5. The lowest BCUT2D eigenvalue weighted by molar-refractivity contribution is 0.0151. The van der Waals surface area contributed by atoms with E-state index in [-0.39, 0.29) is 23.7 Å². The number of benzene rings is 2. The molecular weight excluding hydrogens is 392 g/mol. The van der Waals surface area contributed by atoms with E-state index in [1.165, 1.54) is 4.57 Å². The van der Waals surface area contributed by atoms with Crippen molar-refractivity contribution in [1.29, 1.82) is 0 Å². The monoisotopic (exact) mass is 414 g/mol. The van der Waals surface area contributed by atoms with Crippen LogP contribution in [0.5, 0.6) is 11.5 Å². The van der Waals surface area contributed by atoms with Gasteiger partial charge in [-0.25, -0.2) is 4.79 Å². The van der Waals surface area contributed by atoms with Gasteiger partial charge in [0.05, 0.1) is 30.6 Å². The summed E-state index contributed by atoms with van der Waals surface area (Å²) in [6.45, 7) is 6.56. The molecule has 7 heteroatoms. The summed E-state index contributed by atoms with van der Waals surface area (Å²) in [5, 5.41) is 0.813. The molecule has 0 fully saturated rings. The maximum absolute atomic E-state index is 13.4. The molecule has 0 saturated carbocycles. The zero-order valence-corrected chi connectivity index (χ0v) is 17.6. The highest BCUT2D eigenvalue weighted by Crippen LogP contribution is 2.40. The molecule has 0 radical (unpaired) electrons. The molecule has 1 aromatic heterocycles. The number of rotatable bonds is 4. The fourth-order valence-corrected chi connectivity index (χ4v) is 3.83. The maximum Gasteiger partial charge on any atom is 0.332 e. The van der Waals surface area contributed by atoms with E-state index >= 15 is 0 Å². The Morgan fingerprint density at radius 1 is 1.17 bits per heavy atom. The number of methoxy groups -OCH3 is 1. The van der Waals surface area contributed by atoms with Gasteiger partial charge < -0.3 is 9.47 Å². The van der Waals surface area contributed by atoms with Gasteiger partial charge in [-0.2, -0.15) is 0 Å². The number of aromatic nitrogens is 2. The first kappa shape index (κ1) is 19.6. The molecule has 0 spiro atoms. The minimum Gasteiger partial charge on any atom is -0.497 e. The third-order valence-electron chi connectivity index (χ3n) is 5.82. The Kier molecular flexibility index (Phi) is 4.69. The van der Waals surface area contributed by atoms with Crippen LogP contribution in [0.1, 0.15) is 26.3 Å². The quantitative estimate of drug-likeness (QED) is 0.653. The van der Waals surface area contributed by atoms with Gasteiger partial charge in [0.25, 0.3) is 5.56 Å². The summed E-state index contributed by atoms with van der Waals surface area (Å²) in [6.07, 6.45) is 0. The first-order valence-electron chi connectivity index (χ1n) is 9.53. The van der Waals surface area contributed by atoms with Crippen molar-refractivity contribution in [1.82, 2.24) is 9.13 Å². The van der Waals surface area contributed by atoms with Crippen LogP contribution in [-0.4, -0.2) is 21.8 Å². The van der Waals surface area contributed by atoms with Gasteiger partial charge in [-0.05, 0) is 42.7 Å². The summed E-state index contributed by atoms with van der Waals surface area (Å²) in [7, 11) is 1.59. The molecule has 0 aliphatic carbocycles. The second-order valence-corrected chi connectivity index (χ2v) is 8.36. The third-order valence-corrected chi connectivity index (χ3v) is 6.12. The van der Waals surface area contributed by atoms with Crippen LogP contribution in [0.15, 0.2) is 46.0 Å². The second-order valence-electron chi connectivity index (χ2n) is 7.95. The average molecular weight is 415 g/mol. The van der Waals surface area contributed by atoms with Crippen LogP contribution in [0.25, 0.3) is 10.9 Å². The molecule has 0 saturated heterocycles. The van der Waals surface area contributed by atoms with Crippen LogP contribution in [0, 0.1) is 5.92 Å². The molecule has 0 N–H and O–H groups in total. The molecule has 1 unspecified atom stereocenters. The molecule has 4 rings (SSSR count). The molecule has 1 aliphatic rings. The van der Waals surface area contributed by atoms with Crippen molar-refractivity contribution in [3.63, 3.8) is 0 Å². The summed E-state index contributed by atoms with van der Waals surface area (Å²) < 4.78 is 14.3. The minimum absolute atomic E-state index is 0.135. The Morgan fingerprint density at radius 3 is 2.48 bits per heavy atom. The summed E-state index contributed by atoms with van der Waals surface area (Å²) in [5.74, 6) is 1.25. The molecule has 1 aliphatic heterocycles. The predicted molar refractivity (Wildman–Crippen MR) is 113 cm³/mol. The van der Waals surface area contributed by atoms with E-state index in [9.17, 15) is 9.59 Å². The summed E-state index contributed by atoms with van der Waals surface area (Å²) in [6, 6.07) is 10.6. The number of ether oxygens (including phenoxy) is 2. The average Bonchev–Trinajstić information content (AvgIpc) is 2.71. The highest BCUT2D eigenvalue weighted by molar-refractivity contribution is 6.33. The van der Waals surface area contributed by atoms with Crippen molar-refractivity contribution in [3.05, 3.63) is 67.8 Å². The van der Waals surface area contributed by atoms with Crippen LogP contribution < -0.4 is 20.7 Å². The summed E-state index contributed by atoms with van der Waals surface area (Å²) in [5.41, 5.74) is -0.0257. The number of hydrogen-bond acceptors (Lipinski definition) is 4. The van der Waals surface area contributed by atoms with E-state index in [2.05, 4.69) is 0 Å². The molecule has 2 heterocycles. The van der Waals surface area contributed by atoms with Crippen LogP contribution >= 0.6 is 11.6 Å². The largest absolute Gasteiger partial charge is 0.497 e. The Bertz CT molecular complexity index is 1210. The topological polar surface area (TPSA) is 62.5 Å². The van der Waals surface area contributed by atoms with Gasteiger partial charge >= 0.3 is 5.69 Å². The SMILES string of the molecule is COc1ccc(Cn2c(=O)c3ccc(Cl)c4c3n(c2=O)CC(C)(C(C)C)O4)cc1. The zero-order valence-electron chi connectivity index (χ0n) is 16.9. The molecule has 3 aromatic rings. The molecule has 6 nitrogen and oxygen atoms in total. The fraction of sp³-hybridized carbons (Fsp3) is 0.364. The highest BCUT2D eigenvalue weighted by atomic mass is 35.5. The second kappa shape index (κ2) is 6.95. The molecule has 0 bridgehead atoms. The lowest BCUT2D eigenvalue weighted by Crippen LogP contribution is -2.51. The van der Waals surface area contributed by atoms with Gasteiger partial charge in [-0.1, -0.05) is 37.6 Å². The number of nitrogens with zero attached hydrogens (tertiary/aromatic N) is 2. The lowest BCUT2D eigenvalue weighted by Gasteiger charge is -2.39. The van der Waals surface area contributed by atoms with Crippen molar-refractivity contribution in [2.75, 3.05) is 7.11 Å². The van der Waals surface area contributed by atoms with Gasteiger partial charge in [-0.15, -0.1) is 0 Å². The first-order chi connectivity index (χ1) is 13.7. The third kappa shape index (κ3) is 3.12. The summed E-state index contributed by atoms with van der Waals surface area (Å²) >= 11 is 6.38. The zero-order chi connectivity index (χ0) is 20.9. The van der Waals surface area contributed by atoms with Crippen LogP contribution in [0.3, 0.4) is 0 Å². The molecule has 0 amide bonds. The Balaban J connectivity index is 1.94. The van der Waals surface area contributed by atoms with Crippen molar-refractivity contribution in [2.24, 2.45) is 5.92 Å². The lowest BCUT2D eigenvalue weighted by atomic mass is 9.90. The maximum atomic E-state index is 13.4. The number of hydrogen-bond donors (Lipinski definition) is 0. The molecule has 2 aromatic carbocycles. The van der Waals surface area contributed by atoms with Gasteiger partial charge in [0.15, 0.2) is 5.75 Å². The minimum atomic E-state index is -0.614. The number of halogens is 1. The van der Waals surface area contributed by atoms with E-state index in [0.717, 1.165) is 11.3 Å². The van der Waals surface area contributed by atoms with Gasteiger partial charge in [-0.3, -0.25) is 13.9 Å².